The molecule has 0 saturated carbocycles. The van der Waals surface area contributed by atoms with Crippen molar-refractivity contribution in [2.24, 2.45) is 0 Å². The van der Waals surface area contributed by atoms with Crippen LogP contribution in [-0.4, -0.2) is 61.9 Å². The van der Waals surface area contributed by atoms with Crippen LogP contribution in [0.2, 0.25) is 0 Å². The highest BCUT2D eigenvalue weighted by Crippen LogP contribution is 2.34. The van der Waals surface area contributed by atoms with Crippen molar-refractivity contribution in [3.05, 3.63) is 0 Å². The number of carbonyl (C=O) groups is 1. The third kappa shape index (κ3) is 2.78. The van der Waals surface area contributed by atoms with Crippen molar-refractivity contribution in [3.8, 4) is 0 Å². The maximum absolute atomic E-state index is 12.0. The number of nitrogens with one attached hydrogen (secondary N) is 1. The van der Waals surface area contributed by atoms with Crippen LogP contribution in [0, 0.1) is 0 Å². The maximum Gasteiger partial charge on any atom is 0.239 e. The van der Waals surface area contributed by atoms with E-state index in [0.717, 1.165) is 58.5 Å². The fourth-order valence-electron chi connectivity index (χ4n) is 3.52. The fourth-order valence-corrected chi connectivity index (χ4v) is 3.52. The van der Waals surface area contributed by atoms with E-state index in [1.54, 1.807) is 0 Å². The summed E-state index contributed by atoms with van der Waals surface area (Å²) in [6.45, 7) is 3.28. The molecular formula is C14H24N2O3. The molecule has 0 bridgehead atoms. The van der Waals surface area contributed by atoms with Crippen LogP contribution in [0.1, 0.15) is 32.1 Å². The van der Waals surface area contributed by atoms with Gasteiger partial charge in [0.15, 0.2) is 0 Å². The van der Waals surface area contributed by atoms with Gasteiger partial charge in [0.2, 0.25) is 5.91 Å². The molecule has 3 aliphatic heterocycles. The first-order valence-electron chi connectivity index (χ1n) is 7.41. The number of likely N-dealkylation sites (tertiary alicyclic amines) is 1. The number of amides is 1. The first kappa shape index (κ1) is 13.3. The van der Waals surface area contributed by atoms with E-state index < -0.39 is 0 Å². The van der Waals surface area contributed by atoms with E-state index >= 15 is 0 Å². The Morgan fingerprint density at radius 1 is 1.26 bits per heavy atom. The summed E-state index contributed by atoms with van der Waals surface area (Å²) >= 11 is 0. The number of rotatable bonds is 2. The summed E-state index contributed by atoms with van der Waals surface area (Å²) in [6.07, 6.45) is 4.94. The van der Waals surface area contributed by atoms with Gasteiger partial charge in [0.25, 0.3) is 0 Å². The third-order valence-corrected chi connectivity index (χ3v) is 4.76. The van der Waals surface area contributed by atoms with Gasteiger partial charge in [-0.25, -0.2) is 0 Å². The second-order valence-corrected chi connectivity index (χ2v) is 6.10. The van der Waals surface area contributed by atoms with Gasteiger partial charge in [-0.05, 0) is 32.1 Å². The topological polar surface area (TPSA) is 50.8 Å². The standard InChI is InChI=1S/C14H24N2O3/c1-16-6-2-12(13(16)17)15-11-3-7-19-14(10-11)4-8-18-9-5-14/h11-12,15H,2-10H2,1H3. The van der Waals surface area contributed by atoms with E-state index in [-0.39, 0.29) is 17.6 Å². The number of hydrogen-bond donors (Lipinski definition) is 1. The molecule has 0 aromatic rings. The predicted octanol–water partition coefficient (Wildman–Crippen LogP) is 0.535. The molecule has 1 spiro atoms. The minimum atomic E-state index is 0.00171. The summed E-state index contributed by atoms with van der Waals surface area (Å²) in [5.41, 5.74) is 0.00171. The summed E-state index contributed by atoms with van der Waals surface area (Å²) in [4.78, 5) is 13.8. The lowest BCUT2D eigenvalue weighted by molar-refractivity contribution is -0.143. The van der Waals surface area contributed by atoms with Crippen LogP contribution in [0.4, 0.5) is 0 Å². The van der Waals surface area contributed by atoms with Crippen LogP contribution >= 0.6 is 0 Å². The Labute approximate surface area is 114 Å². The van der Waals surface area contributed by atoms with Crippen molar-refractivity contribution < 1.29 is 14.3 Å². The largest absolute Gasteiger partial charge is 0.381 e. The molecule has 0 radical (unpaired) electrons. The second kappa shape index (κ2) is 5.38. The zero-order valence-corrected chi connectivity index (χ0v) is 11.7. The summed E-state index contributed by atoms with van der Waals surface area (Å²) in [6, 6.07) is 0.428. The monoisotopic (exact) mass is 268 g/mol. The minimum Gasteiger partial charge on any atom is -0.381 e. The Hall–Kier alpha value is -0.650. The zero-order valence-electron chi connectivity index (χ0n) is 11.7. The second-order valence-electron chi connectivity index (χ2n) is 6.10. The molecule has 19 heavy (non-hydrogen) atoms. The first-order valence-corrected chi connectivity index (χ1v) is 7.41. The molecular weight excluding hydrogens is 244 g/mol. The van der Waals surface area contributed by atoms with Gasteiger partial charge < -0.3 is 19.7 Å². The van der Waals surface area contributed by atoms with Crippen molar-refractivity contribution in [3.63, 3.8) is 0 Å². The van der Waals surface area contributed by atoms with Gasteiger partial charge in [0, 0.05) is 39.5 Å². The lowest BCUT2D eigenvalue weighted by Crippen LogP contribution is -2.53. The van der Waals surface area contributed by atoms with Crippen LogP contribution in [0.25, 0.3) is 0 Å². The predicted molar refractivity (Wildman–Crippen MR) is 70.9 cm³/mol. The number of ether oxygens (including phenoxy) is 2. The lowest BCUT2D eigenvalue weighted by atomic mass is 9.84. The number of nitrogens with zero attached hydrogens (tertiary/aromatic N) is 1. The highest BCUT2D eigenvalue weighted by Gasteiger charge is 2.40. The molecule has 3 rings (SSSR count). The molecule has 2 unspecified atom stereocenters. The van der Waals surface area contributed by atoms with Gasteiger partial charge in [-0.1, -0.05) is 0 Å². The van der Waals surface area contributed by atoms with Gasteiger partial charge in [-0.2, -0.15) is 0 Å². The molecule has 3 fully saturated rings. The normalized spacial score (nSPS) is 35.0. The molecule has 0 aromatic heterocycles. The molecule has 3 saturated heterocycles. The fraction of sp³-hybridized carbons (Fsp3) is 0.929. The molecule has 108 valence electrons. The first-order chi connectivity index (χ1) is 9.19. The van der Waals surface area contributed by atoms with Crippen molar-refractivity contribution >= 4 is 5.91 Å². The lowest BCUT2D eigenvalue weighted by Gasteiger charge is -2.44. The van der Waals surface area contributed by atoms with Crippen molar-refractivity contribution in [2.75, 3.05) is 33.4 Å². The highest BCUT2D eigenvalue weighted by atomic mass is 16.5. The van der Waals surface area contributed by atoms with Gasteiger partial charge >= 0.3 is 0 Å². The molecule has 5 nitrogen and oxygen atoms in total. The number of carbonyl (C=O) groups excluding carboxylic acids is 1. The van der Waals surface area contributed by atoms with Gasteiger partial charge in [-0.15, -0.1) is 0 Å². The Balaban J connectivity index is 1.58. The van der Waals surface area contributed by atoms with E-state index in [2.05, 4.69) is 5.32 Å². The van der Waals surface area contributed by atoms with Crippen molar-refractivity contribution in [1.82, 2.24) is 10.2 Å². The van der Waals surface area contributed by atoms with Crippen LogP contribution in [0.3, 0.4) is 0 Å². The summed E-state index contributed by atoms with van der Waals surface area (Å²) in [5.74, 6) is 0.243. The van der Waals surface area contributed by atoms with Crippen LogP contribution < -0.4 is 5.32 Å². The molecule has 3 aliphatic rings. The SMILES string of the molecule is CN1CCC(NC2CCOC3(CCOCC3)C2)C1=O. The molecule has 5 heteroatoms. The van der Waals surface area contributed by atoms with Crippen LogP contribution in [0.15, 0.2) is 0 Å². The van der Waals surface area contributed by atoms with E-state index in [9.17, 15) is 4.79 Å². The average molecular weight is 268 g/mol. The smallest absolute Gasteiger partial charge is 0.239 e. The summed E-state index contributed by atoms with van der Waals surface area (Å²) in [5, 5.41) is 3.56. The zero-order chi connectivity index (χ0) is 13.3. The van der Waals surface area contributed by atoms with Crippen molar-refractivity contribution in [1.29, 1.82) is 0 Å². The Kier molecular flexibility index (Phi) is 3.78. The van der Waals surface area contributed by atoms with E-state index in [0.29, 0.717) is 6.04 Å². The summed E-state index contributed by atoms with van der Waals surface area (Å²) in [7, 11) is 1.88. The van der Waals surface area contributed by atoms with Crippen molar-refractivity contribution in [2.45, 2.75) is 49.8 Å². The quantitative estimate of drug-likeness (QED) is 0.794. The van der Waals surface area contributed by atoms with Crippen LogP contribution in [-0.2, 0) is 14.3 Å². The summed E-state index contributed by atoms with van der Waals surface area (Å²) < 4.78 is 11.5. The molecule has 2 atom stereocenters. The minimum absolute atomic E-state index is 0.00171. The third-order valence-electron chi connectivity index (χ3n) is 4.76. The van der Waals surface area contributed by atoms with Gasteiger partial charge in [0.05, 0.1) is 11.6 Å². The Morgan fingerprint density at radius 2 is 2.05 bits per heavy atom. The highest BCUT2D eigenvalue weighted by molar-refractivity contribution is 5.83. The molecule has 1 amide bonds. The van der Waals surface area contributed by atoms with Gasteiger partial charge in [-0.3, -0.25) is 4.79 Å². The molecule has 1 N–H and O–H groups in total. The molecule has 0 aliphatic carbocycles. The van der Waals surface area contributed by atoms with E-state index in [1.165, 1.54) is 0 Å². The maximum atomic E-state index is 12.0. The van der Waals surface area contributed by atoms with Crippen LogP contribution in [0.5, 0.6) is 0 Å². The number of likely N-dealkylation sites (N-methyl/N-ethyl adjacent to an activating group) is 1. The average Bonchev–Trinajstić information content (AvgIpc) is 2.72. The molecule has 0 aromatic carbocycles. The van der Waals surface area contributed by atoms with E-state index in [4.69, 9.17) is 9.47 Å². The molecule has 3 heterocycles. The Morgan fingerprint density at radius 3 is 2.74 bits per heavy atom. The number of hydrogen-bond acceptors (Lipinski definition) is 4. The Bertz CT molecular complexity index is 336. The van der Waals surface area contributed by atoms with Gasteiger partial charge in [0.1, 0.15) is 0 Å². The van der Waals surface area contributed by atoms with E-state index in [1.807, 2.05) is 11.9 Å².